The van der Waals surface area contributed by atoms with Gasteiger partial charge in [0.1, 0.15) is 0 Å². The van der Waals surface area contributed by atoms with Crippen LogP contribution in [0.5, 0.6) is 0 Å². The fourth-order valence-corrected chi connectivity index (χ4v) is 1.98. The number of hydrogen-bond donors (Lipinski definition) is 1. The van der Waals surface area contributed by atoms with Crippen molar-refractivity contribution in [1.82, 2.24) is 9.80 Å². The number of carboxylic acids is 1. The number of hydrogen-bond acceptors (Lipinski definition) is 3. The number of rotatable bonds is 6. The van der Waals surface area contributed by atoms with Gasteiger partial charge < -0.3 is 10.0 Å². The fourth-order valence-electron chi connectivity index (χ4n) is 1.98. The van der Waals surface area contributed by atoms with Crippen LogP contribution in [0.15, 0.2) is 0 Å². The van der Waals surface area contributed by atoms with Crippen molar-refractivity contribution in [1.29, 1.82) is 0 Å². The Labute approximate surface area is 96.0 Å². The van der Waals surface area contributed by atoms with Crippen LogP contribution in [0.25, 0.3) is 0 Å². The van der Waals surface area contributed by atoms with E-state index in [1.807, 2.05) is 11.8 Å². The molecule has 0 aromatic carbocycles. The number of amides is 1. The van der Waals surface area contributed by atoms with Gasteiger partial charge in [0.05, 0.1) is 13.1 Å². The van der Waals surface area contributed by atoms with Gasteiger partial charge in [-0.25, -0.2) is 0 Å². The lowest BCUT2D eigenvalue weighted by molar-refractivity contribution is -0.139. The van der Waals surface area contributed by atoms with E-state index in [1.54, 1.807) is 4.90 Å². The highest BCUT2D eigenvalue weighted by Gasteiger charge is 2.20. The summed E-state index contributed by atoms with van der Waals surface area (Å²) in [7, 11) is 0. The van der Waals surface area contributed by atoms with Crippen LogP contribution in [0.4, 0.5) is 0 Å². The SMILES string of the molecule is CCCN(CC(=O)O)CC(=O)N1CCCC1. The van der Waals surface area contributed by atoms with Crippen LogP contribution in [-0.4, -0.2) is 59.5 Å². The van der Waals surface area contributed by atoms with Gasteiger partial charge in [0.25, 0.3) is 0 Å². The molecule has 0 aromatic rings. The maximum Gasteiger partial charge on any atom is 0.317 e. The minimum Gasteiger partial charge on any atom is -0.480 e. The maximum atomic E-state index is 11.8. The molecule has 0 unspecified atom stereocenters. The third-order valence-corrected chi connectivity index (χ3v) is 2.72. The molecular formula is C11H20N2O3. The number of aliphatic carboxylic acids is 1. The number of likely N-dealkylation sites (tertiary alicyclic amines) is 1. The average molecular weight is 228 g/mol. The zero-order valence-corrected chi connectivity index (χ0v) is 9.81. The molecule has 0 aliphatic carbocycles. The largest absolute Gasteiger partial charge is 0.480 e. The van der Waals surface area contributed by atoms with Crippen LogP contribution >= 0.6 is 0 Å². The summed E-state index contributed by atoms with van der Waals surface area (Å²) in [5.41, 5.74) is 0. The highest BCUT2D eigenvalue weighted by molar-refractivity contribution is 5.79. The topological polar surface area (TPSA) is 60.9 Å². The zero-order chi connectivity index (χ0) is 12.0. The Morgan fingerprint density at radius 3 is 2.38 bits per heavy atom. The predicted molar refractivity (Wildman–Crippen MR) is 60.2 cm³/mol. The Morgan fingerprint density at radius 2 is 1.88 bits per heavy atom. The second kappa shape index (κ2) is 6.48. The van der Waals surface area contributed by atoms with Gasteiger partial charge in [0.2, 0.25) is 5.91 Å². The summed E-state index contributed by atoms with van der Waals surface area (Å²) in [6.07, 6.45) is 3.00. The van der Waals surface area contributed by atoms with Gasteiger partial charge in [0.15, 0.2) is 0 Å². The van der Waals surface area contributed by atoms with E-state index in [-0.39, 0.29) is 19.0 Å². The summed E-state index contributed by atoms with van der Waals surface area (Å²) in [5, 5.41) is 8.72. The molecule has 1 aliphatic heterocycles. The van der Waals surface area contributed by atoms with Gasteiger partial charge in [-0.15, -0.1) is 0 Å². The minimum absolute atomic E-state index is 0.0482. The molecule has 1 amide bonds. The van der Waals surface area contributed by atoms with Gasteiger partial charge in [-0.2, -0.15) is 0 Å². The van der Waals surface area contributed by atoms with Crippen molar-refractivity contribution in [3.8, 4) is 0 Å². The van der Waals surface area contributed by atoms with Gasteiger partial charge in [-0.3, -0.25) is 14.5 Å². The van der Waals surface area contributed by atoms with E-state index in [9.17, 15) is 9.59 Å². The van der Waals surface area contributed by atoms with Gasteiger partial charge in [0, 0.05) is 13.1 Å². The quantitative estimate of drug-likeness (QED) is 0.715. The van der Waals surface area contributed by atoms with Crippen molar-refractivity contribution in [2.45, 2.75) is 26.2 Å². The van der Waals surface area contributed by atoms with E-state index >= 15 is 0 Å². The van der Waals surface area contributed by atoms with Crippen LogP contribution in [0.1, 0.15) is 26.2 Å². The highest BCUT2D eigenvalue weighted by atomic mass is 16.4. The average Bonchev–Trinajstić information content (AvgIpc) is 2.69. The number of carbonyl (C=O) groups excluding carboxylic acids is 1. The Bertz CT molecular complexity index is 250. The van der Waals surface area contributed by atoms with Crippen molar-refractivity contribution in [3.05, 3.63) is 0 Å². The van der Waals surface area contributed by atoms with E-state index in [2.05, 4.69) is 0 Å². The van der Waals surface area contributed by atoms with Gasteiger partial charge >= 0.3 is 5.97 Å². The monoisotopic (exact) mass is 228 g/mol. The van der Waals surface area contributed by atoms with Crippen LogP contribution < -0.4 is 0 Å². The molecule has 1 fully saturated rings. The normalized spacial score (nSPS) is 15.8. The lowest BCUT2D eigenvalue weighted by Gasteiger charge is -2.22. The summed E-state index contributed by atoms with van der Waals surface area (Å²) in [6.45, 7) is 4.48. The van der Waals surface area contributed by atoms with Gasteiger partial charge in [-0.1, -0.05) is 6.92 Å². The number of carboxylic acid groups (broad SMARTS) is 1. The summed E-state index contributed by atoms with van der Waals surface area (Å²) < 4.78 is 0. The summed E-state index contributed by atoms with van der Waals surface area (Å²) >= 11 is 0. The molecule has 5 heteroatoms. The molecule has 0 radical (unpaired) electrons. The summed E-state index contributed by atoms with van der Waals surface area (Å²) in [5.74, 6) is -0.810. The second-order valence-corrected chi connectivity index (χ2v) is 4.19. The molecular weight excluding hydrogens is 208 g/mol. The number of carbonyl (C=O) groups is 2. The van der Waals surface area contributed by atoms with Crippen molar-refractivity contribution in [2.24, 2.45) is 0 Å². The van der Waals surface area contributed by atoms with Crippen LogP contribution in [0, 0.1) is 0 Å². The first-order chi connectivity index (χ1) is 7.63. The number of nitrogens with zero attached hydrogens (tertiary/aromatic N) is 2. The summed E-state index contributed by atoms with van der Waals surface area (Å²) in [4.78, 5) is 25.9. The zero-order valence-electron chi connectivity index (χ0n) is 9.81. The van der Waals surface area contributed by atoms with Crippen LogP contribution in [-0.2, 0) is 9.59 Å². The Morgan fingerprint density at radius 1 is 1.25 bits per heavy atom. The van der Waals surface area contributed by atoms with E-state index < -0.39 is 5.97 Å². The third kappa shape index (κ3) is 4.18. The highest BCUT2D eigenvalue weighted by Crippen LogP contribution is 2.08. The molecule has 1 N–H and O–H groups in total. The molecule has 1 saturated heterocycles. The van der Waals surface area contributed by atoms with Crippen LogP contribution in [0.2, 0.25) is 0 Å². The smallest absolute Gasteiger partial charge is 0.317 e. The standard InChI is InChI=1S/C11H20N2O3/c1-2-5-12(9-11(15)16)8-10(14)13-6-3-4-7-13/h2-9H2,1H3,(H,15,16). The van der Waals surface area contributed by atoms with Gasteiger partial charge in [-0.05, 0) is 25.8 Å². The fraction of sp³-hybridized carbons (Fsp3) is 0.818. The van der Waals surface area contributed by atoms with E-state index in [0.717, 1.165) is 32.4 Å². The third-order valence-electron chi connectivity index (χ3n) is 2.72. The molecule has 0 saturated carbocycles. The molecule has 1 aliphatic rings. The maximum absolute atomic E-state index is 11.8. The van der Waals surface area contributed by atoms with Crippen molar-refractivity contribution >= 4 is 11.9 Å². The van der Waals surface area contributed by atoms with Crippen molar-refractivity contribution in [3.63, 3.8) is 0 Å². The molecule has 5 nitrogen and oxygen atoms in total. The molecule has 92 valence electrons. The predicted octanol–water partition coefficient (Wildman–Crippen LogP) is 0.405. The minimum atomic E-state index is -0.873. The first-order valence-corrected chi connectivity index (χ1v) is 5.85. The Balaban J connectivity index is 2.39. The lowest BCUT2D eigenvalue weighted by Crippen LogP contribution is -2.41. The van der Waals surface area contributed by atoms with E-state index in [1.165, 1.54) is 0 Å². The first-order valence-electron chi connectivity index (χ1n) is 5.85. The molecule has 0 spiro atoms. The second-order valence-electron chi connectivity index (χ2n) is 4.19. The summed E-state index contributed by atoms with van der Waals surface area (Å²) in [6, 6.07) is 0. The van der Waals surface area contributed by atoms with Crippen molar-refractivity contribution < 1.29 is 14.7 Å². The van der Waals surface area contributed by atoms with E-state index in [4.69, 9.17) is 5.11 Å². The Hall–Kier alpha value is -1.10. The molecule has 0 bridgehead atoms. The van der Waals surface area contributed by atoms with Crippen LogP contribution in [0.3, 0.4) is 0 Å². The van der Waals surface area contributed by atoms with Crippen molar-refractivity contribution in [2.75, 3.05) is 32.7 Å². The first kappa shape index (κ1) is 13.0. The molecule has 0 atom stereocenters. The lowest BCUT2D eigenvalue weighted by atomic mass is 10.3. The Kier molecular flexibility index (Phi) is 5.25. The molecule has 0 aromatic heterocycles. The van der Waals surface area contributed by atoms with E-state index in [0.29, 0.717) is 6.54 Å². The molecule has 1 rings (SSSR count). The molecule has 16 heavy (non-hydrogen) atoms. The molecule has 1 heterocycles.